The topological polar surface area (TPSA) is 80.8 Å². The fourth-order valence-corrected chi connectivity index (χ4v) is 4.51. The summed E-state index contributed by atoms with van der Waals surface area (Å²) in [5.74, 6) is -1.27. The molecule has 0 N–H and O–H groups in total. The molecular formula is C25H25NO5. The van der Waals surface area contributed by atoms with Gasteiger partial charge in [0.1, 0.15) is 0 Å². The largest absolute Gasteiger partial charge is 0.451 e. The number of imide groups is 1. The molecule has 1 aliphatic carbocycles. The van der Waals surface area contributed by atoms with Gasteiger partial charge in [-0.15, -0.1) is 0 Å². The molecule has 2 aromatic rings. The van der Waals surface area contributed by atoms with Gasteiger partial charge in [-0.1, -0.05) is 37.3 Å². The van der Waals surface area contributed by atoms with Gasteiger partial charge in [-0.3, -0.25) is 19.3 Å². The van der Waals surface area contributed by atoms with Gasteiger partial charge in [0.25, 0.3) is 0 Å². The molecule has 2 aromatic carbocycles. The summed E-state index contributed by atoms with van der Waals surface area (Å²) in [4.78, 5) is 51.8. The average molecular weight is 419 g/mol. The van der Waals surface area contributed by atoms with Crippen molar-refractivity contribution in [2.45, 2.75) is 39.2 Å². The maximum Gasteiger partial charge on any atom is 0.338 e. The second-order valence-electron chi connectivity index (χ2n) is 8.47. The van der Waals surface area contributed by atoms with Gasteiger partial charge in [-0.25, -0.2) is 4.79 Å². The molecule has 0 spiro atoms. The van der Waals surface area contributed by atoms with Crippen LogP contribution in [0.25, 0.3) is 0 Å². The zero-order chi connectivity index (χ0) is 22.1. The number of ketones is 1. The quantitative estimate of drug-likeness (QED) is 0.415. The van der Waals surface area contributed by atoms with Crippen molar-refractivity contribution in [3.8, 4) is 0 Å². The molecule has 31 heavy (non-hydrogen) atoms. The van der Waals surface area contributed by atoms with E-state index < -0.39 is 12.1 Å². The van der Waals surface area contributed by atoms with Crippen molar-refractivity contribution in [2.75, 3.05) is 4.90 Å². The van der Waals surface area contributed by atoms with Gasteiger partial charge >= 0.3 is 5.97 Å². The Balaban J connectivity index is 1.44. The zero-order valence-corrected chi connectivity index (χ0v) is 17.6. The highest BCUT2D eigenvalue weighted by Gasteiger charge is 2.49. The molecule has 1 saturated carbocycles. The summed E-state index contributed by atoms with van der Waals surface area (Å²) >= 11 is 0. The maximum absolute atomic E-state index is 12.8. The first kappa shape index (κ1) is 21.0. The van der Waals surface area contributed by atoms with Crippen LogP contribution in [0.1, 0.15) is 53.8 Å². The highest BCUT2D eigenvalue weighted by molar-refractivity contribution is 6.22. The van der Waals surface area contributed by atoms with Crippen LogP contribution in [-0.2, 0) is 14.3 Å². The first-order valence-electron chi connectivity index (χ1n) is 10.6. The third kappa shape index (κ3) is 4.02. The van der Waals surface area contributed by atoms with E-state index in [-0.39, 0.29) is 35.0 Å². The van der Waals surface area contributed by atoms with Crippen LogP contribution < -0.4 is 4.90 Å². The van der Waals surface area contributed by atoms with Crippen molar-refractivity contribution in [1.29, 1.82) is 0 Å². The first-order valence-corrected chi connectivity index (χ1v) is 10.6. The molecule has 1 aliphatic heterocycles. The van der Waals surface area contributed by atoms with Crippen LogP contribution in [0.15, 0.2) is 54.6 Å². The molecule has 0 bridgehead atoms. The number of rotatable bonds is 5. The molecule has 1 heterocycles. The summed E-state index contributed by atoms with van der Waals surface area (Å²) in [7, 11) is 0. The number of ether oxygens (including phenoxy) is 1. The number of Topliss-reactive ketones (excluding diaryl/α,β-unsaturated/α-hetero) is 1. The molecule has 1 saturated heterocycles. The van der Waals surface area contributed by atoms with Gasteiger partial charge in [0.15, 0.2) is 6.10 Å². The molecule has 0 radical (unpaired) electrons. The summed E-state index contributed by atoms with van der Waals surface area (Å²) in [6, 6.07) is 14.8. The number of amides is 2. The van der Waals surface area contributed by atoms with Crippen LogP contribution in [0.5, 0.6) is 0 Å². The van der Waals surface area contributed by atoms with Gasteiger partial charge in [-0.05, 0) is 56.4 Å². The van der Waals surface area contributed by atoms with Crippen molar-refractivity contribution >= 4 is 29.3 Å². The van der Waals surface area contributed by atoms with Gasteiger partial charge < -0.3 is 4.74 Å². The lowest BCUT2D eigenvalue weighted by Crippen LogP contribution is -2.31. The van der Waals surface area contributed by atoms with Crippen molar-refractivity contribution in [1.82, 2.24) is 0 Å². The molecule has 2 amide bonds. The van der Waals surface area contributed by atoms with Gasteiger partial charge in [0.2, 0.25) is 17.6 Å². The Morgan fingerprint density at radius 1 is 0.903 bits per heavy atom. The molecule has 0 unspecified atom stereocenters. The Morgan fingerprint density at radius 3 is 2.23 bits per heavy atom. The third-order valence-corrected chi connectivity index (χ3v) is 6.26. The standard InChI is InChI=1S/C25H25NO5/c1-15-8-13-20-21(14-15)24(29)26(23(20)28)19-11-9-18(10-12-19)25(30)31-16(2)22(27)17-6-4-3-5-7-17/h3-7,9-12,15-16,20-21H,8,13-14H2,1-2H3/t15-,16-,20+,21-/m1/s1. The third-order valence-electron chi connectivity index (χ3n) is 6.26. The summed E-state index contributed by atoms with van der Waals surface area (Å²) in [5, 5.41) is 0. The van der Waals surface area contributed by atoms with E-state index in [1.165, 1.54) is 24.0 Å². The van der Waals surface area contributed by atoms with Gasteiger partial charge in [-0.2, -0.15) is 0 Å². The van der Waals surface area contributed by atoms with Crippen molar-refractivity contribution < 1.29 is 23.9 Å². The zero-order valence-electron chi connectivity index (χ0n) is 17.6. The number of nitrogens with zero attached hydrogens (tertiary/aromatic N) is 1. The molecule has 160 valence electrons. The second-order valence-corrected chi connectivity index (χ2v) is 8.47. The Bertz CT molecular complexity index is 1010. The first-order chi connectivity index (χ1) is 14.9. The number of benzene rings is 2. The van der Waals surface area contributed by atoms with E-state index in [1.54, 1.807) is 42.5 Å². The van der Waals surface area contributed by atoms with E-state index in [2.05, 4.69) is 6.92 Å². The number of hydrogen-bond donors (Lipinski definition) is 0. The summed E-state index contributed by atoms with van der Waals surface area (Å²) in [5.41, 5.74) is 1.18. The highest BCUT2D eigenvalue weighted by atomic mass is 16.5. The monoisotopic (exact) mass is 419 g/mol. The molecule has 4 rings (SSSR count). The van der Waals surface area contributed by atoms with Crippen LogP contribution >= 0.6 is 0 Å². The van der Waals surface area contributed by atoms with E-state index in [0.717, 1.165) is 19.3 Å². The number of carbonyl (C=O) groups is 4. The Hall–Kier alpha value is -3.28. The number of hydrogen-bond acceptors (Lipinski definition) is 5. The Morgan fingerprint density at radius 2 is 1.55 bits per heavy atom. The summed E-state index contributed by atoms with van der Waals surface area (Å²) in [6.07, 6.45) is 1.51. The Kier molecular flexibility index (Phi) is 5.72. The lowest BCUT2D eigenvalue weighted by Gasteiger charge is -2.25. The lowest BCUT2D eigenvalue weighted by atomic mass is 9.76. The van der Waals surface area contributed by atoms with Crippen molar-refractivity contribution in [2.24, 2.45) is 17.8 Å². The van der Waals surface area contributed by atoms with Crippen LogP contribution in [0.2, 0.25) is 0 Å². The van der Waals surface area contributed by atoms with Crippen molar-refractivity contribution in [3.05, 3.63) is 65.7 Å². The second kappa shape index (κ2) is 8.46. The smallest absolute Gasteiger partial charge is 0.338 e. The number of fused-ring (bicyclic) bond motifs is 1. The normalized spacial score (nSPS) is 23.9. The van der Waals surface area contributed by atoms with Crippen LogP contribution in [0.4, 0.5) is 5.69 Å². The SMILES string of the molecule is C[C@@H]1CC[C@@H]2C(=O)N(c3ccc(C(=O)O[C@H](C)C(=O)c4ccccc4)cc3)C(=O)[C@@H]2C1. The van der Waals surface area contributed by atoms with Gasteiger partial charge in [0, 0.05) is 5.56 Å². The van der Waals surface area contributed by atoms with Crippen LogP contribution in [0, 0.1) is 17.8 Å². The number of anilines is 1. The summed E-state index contributed by atoms with van der Waals surface area (Å²) < 4.78 is 5.31. The minimum Gasteiger partial charge on any atom is -0.451 e. The minimum atomic E-state index is -0.929. The molecule has 2 aliphatic rings. The minimum absolute atomic E-state index is 0.153. The van der Waals surface area contributed by atoms with Crippen LogP contribution in [0.3, 0.4) is 0 Å². The van der Waals surface area contributed by atoms with E-state index >= 15 is 0 Å². The van der Waals surface area contributed by atoms with E-state index in [0.29, 0.717) is 17.2 Å². The fourth-order valence-electron chi connectivity index (χ4n) is 4.51. The molecule has 6 nitrogen and oxygen atoms in total. The number of esters is 1. The highest BCUT2D eigenvalue weighted by Crippen LogP contribution is 2.42. The van der Waals surface area contributed by atoms with E-state index in [9.17, 15) is 19.2 Å². The van der Waals surface area contributed by atoms with E-state index in [4.69, 9.17) is 4.74 Å². The molecule has 0 aromatic heterocycles. The predicted octanol–water partition coefficient (Wildman–Crippen LogP) is 4.04. The molecule has 6 heteroatoms. The molecule has 2 fully saturated rings. The lowest BCUT2D eigenvalue weighted by molar-refractivity contribution is -0.122. The summed E-state index contributed by atoms with van der Waals surface area (Å²) in [6.45, 7) is 3.65. The van der Waals surface area contributed by atoms with E-state index in [1.807, 2.05) is 0 Å². The Labute approximate surface area is 181 Å². The molecule has 4 atom stereocenters. The maximum atomic E-state index is 12.8. The fraction of sp³-hybridized carbons (Fsp3) is 0.360. The predicted molar refractivity (Wildman–Crippen MR) is 115 cm³/mol. The van der Waals surface area contributed by atoms with Crippen LogP contribution in [-0.4, -0.2) is 29.7 Å². The number of carbonyl (C=O) groups excluding carboxylic acids is 4. The average Bonchev–Trinajstić information content (AvgIpc) is 3.03. The molecular weight excluding hydrogens is 394 g/mol. The van der Waals surface area contributed by atoms with Crippen molar-refractivity contribution in [3.63, 3.8) is 0 Å². The van der Waals surface area contributed by atoms with Gasteiger partial charge in [0.05, 0.1) is 23.1 Å².